The highest BCUT2D eigenvalue weighted by Crippen LogP contribution is 2.38. The van der Waals surface area contributed by atoms with Gasteiger partial charge < -0.3 is 14.2 Å². The Kier molecular flexibility index (Phi) is 16.6. The minimum atomic E-state index is -0.356. The van der Waals surface area contributed by atoms with Crippen LogP contribution in [0.2, 0.25) is 0 Å². The summed E-state index contributed by atoms with van der Waals surface area (Å²) in [6.07, 6.45) is 17.7. The van der Waals surface area contributed by atoms with Crippen LogP contribution in [0.1, 0.15) is 128 Å². The summed E-state index contributed by atoms with van der Waals surface area (Å²) >= 11 is 0. The molecule has 1 saturated carbocycles. The molecule has 0 heterocycles. The van der Waals surface area contributed by atoms with Crippen LogP contribution in [0.25, 0.3) is 0 Å². The second-order valence-corrected chi connectivity index (χ2v) is 11.0. The van der Waals surface area contributed by atoms with Gasteiger partial charge in [0.15, 0.2) is 0 Å². The lowest BCUT2D eigenvalue weighted by molar-refractivity contribution is -0.144. The molecule has 38 heavy (non-hydrogen) atoms. The van der Waals surface area contributed by atoms with Gasteiger partial charge >= 0.3 is 11.9 Å². The van der Waals surface area contributed by atoms with E-state index in [2.05, 4.69) is 37.8 Å². The lowest BCUT2D eigenvalue weighted by Gasteiger charge is -2.29. The topological polar surface area (TPSA) is 61.8 Å². The SMILES string of the molecule is C=C(C)C(=O)OCCCCCC(=O)OCCCCCCOc1ccc(C2CCC(CCCCC)CC2)cc1. The molecule has 0 N–H and O–H groups in total. The third-order valence-electron chi connectivity index (χ3n) is 7.59. The predicted octanol–water partition coefficient (Wildman–Crippen LogP) is 8.70. The highest BCUT2D eigenvalue weighted by Gasteiger charge is 2.22. The number of hydrogen-bond acceptors (Lipinski definition) is 5. The average molecular weight is 529 g/mol. The summed E-state index contributed by atoms with van der Waals surface area (Å²) in [5.74, 6) is 2.14. The zero-order valence-electron chi connectivity index (χ0n) is 24.1. The van der Waals surface area contributed by atoms with Crippen LogP contribution in [0.4, 0.5) is 0 Å². The maximum absolute atomic E-state index is 11.8. The Morgan fingerprint density at radius 2 is 1.42 bits per heavy atom. The minimum Gasteiger partial charge on any atom is -0.494 e. The van der Waals surface area contributed by atoms with E-state index in [4.69, 9.17) is 14.2 Å². The minimum absolute atomic E-state index is 0.143. The van der Waals surface area contributed by atoms with Gasteiger partial charge in [0.1, 0.15) is 5.75 Å². The van der Waals surface area contributed by atoms with E-state index in [1.54, 1.807) is 6.92 Å². The van der Waals surface area contributed by atoms with Gasteiger partial charge in [-0.25, -0.2) is 4.79 Å². The third kappa shape index (κ3) is 14.0. The Labute approximate surface area is 231 Å². The predicted molar refractivity (Wildman–Crippen MR) is 154 cm³/mol. The van der Waals surface area contributed by atoms with E-state index in [1.165, 1.54) is 56.9 Å². The van der Waals surface area contributed by atoms with Crippen molar-refractivity contribution < 1.29 is 23.8 Å². The zero-order valence-corrected chi connectivity index (χ0v) is 24.1. The normalized spacial score (nSPS) is 17.1. The standard InChI is InChI=1S/C33H52O5/c1-4-5-9-14-28-16-18-29(19-17-28)30-20-22-31(23-21-30)36-24-11-6-7-12-25-37-32(34)15-10-8-13-26-38-33(35)27(2)3/h20-23,28-29H,2,4-19,24-26H2,1,3H3. The summed E-state index contributed by atoms with van der Waals surface area (Å²) in [5.41, 5.74) is 1.88. The fraction of sp³-hybridized carbons (Fsp3) is 0.697. The largest absolute Gasteiger partial charge is 0.494 e. The Bertz CT molecular complexity index is 792. The quantitative estimate of drug-likeness (QED) is 0.0962. The average Bonchev–Trinajstić information content (AvgIpc) is 2.92. The molecule has 214 valence electrons. The van der Waals surface area contributed by atoms with E-state index in [1.807, 2.05) is 0 Å². The van der Waals surface area contributed by atoms with Gasteiger partial charge in [0.05, 0.1) is 19.8 Å². The first-order valence-corrected chi connectivity index (χ1v) is 15.2. The molecule has 2 rings (SSSR count). The van der Waals surface area contributed by atoms with Crippen molar-refractivity contribution in [2.75, 3.05) is 19.8 Å². The molecule has 0 amide bonds. The van der Waals surface area contributed by atoms with Crippen LogP contribution in [0, 0.1) is 5.92 Å². The van der Waals surface area contributed by atoms with E-state index in [-0.39, 0.29) is 11.9 Å². The van der Waals surface area contributed by atoms with Crippen molar-refractivity contribution in [3.05, 3.63) is 42.0 Å². The molecule has 5 heteroatoms. The Morgan fingerprint density at radius 3 is 2.08 bits per heavy atom. The molecule has 5 nitrogen and oxygen atoms in total. The van der Waals surface area contributed by atoms with Gasteiger partial charge in [-0.3, -0.25) is 4.79 Å². The van der Waals surface area contributed by atoms with E-state index in [9.17, 15) is 9.59 Å². The van der Waals surface area contributed by atoms with Crippen molar-refractivity contribution in [3.8, 4) is 5.75 Å². The monoisotopic (exact) mass is 528 g/mol. The van der Waals surface area contributed by atoms with Crippen LogP contribution in [-0.4, -0.2) is 31.8 Å². The van der Waals surface area contributed by atoms with Gasteiger partial charge in [-0.2, -0.15) is 0 Å². The number of rotatable bonds is 20. The van der Waals surface area contributed by atoms with Crippen LogP contribution in [0.3, 0.4) is 0 Å². The Balaban J connectivity index is 1.42. The molecule has 0 radical (unpaired) electrons. The van der Waals surface area contributed by atoms with Crippen LogP contribution < -0.4 is 4.74 Å². The van der Waals surface area contributed by atoms with Crippen LogP contribution >= 0.6 is 0 Å². The van der Waals surface area contributed by atoms with Crippen molar-refractivity contribution in [2.45, 2.75) is 122 Å². The highest BCUT2D eigenvalue weighted by molar-refractivity contribution is 5.86. The van der Waals surface area contributed by atoms with E-state index >= 15 is 0 Å². The molecular formula is C33H52O5. The van der Waals surface area contributed by atoms with Gasteiger partial charge in [-0.1, -0.05) is 51.3 Å². The highest BCUT2D eigenvalue weighted by atomic mass is 16.5. The summed E-state index contributed by atoms with van der Waals surface area (Å²) in [5, 5.41) is 0. The number of hydrogen-bond donors (Lipinski definition) is 0. The molecule has 0 bridgehead atoms. The number of carbonyl (C=O) groups is 2. The van der Waals surface area contributed by atoms with Crippen LogP contribution in [0.5, 0.6) is 5.75 Å². The molecule has 0 saturated heterocycles. The van der Waals surface area contributed by atoms with Gasteiger partial charge in [-0.05, 0) is 107 Å². The summed E-state index contributed by atoms with van der Waals surface area (Å²) in [4.78, 5) is 23.1. The van der Waals surface area contributed by atoms with Gasteiger partial charge in [-0.15, -0.1) is 0 Å². The van der Waals surface area contributed by atoms with Crippen molar-refractivity contribution >= 4 is 11.9 Å². The zero-order chi connectivity index (χ0) is 27.4. The maximum atomic E-state index is 11.8. The van der Waals surface area contributed by atoms with Crippen molar-refractivity contribution in [3.63, 3.8) is 0 Å². The summed E-state index contributed by atoms with van der Waals surface area (Å²) in [6.45, 7) is 9.04. The second kappa shape index (κ2) is 19.7. The van der Waals surface area contributed by atoms with E-state index < -0.39 is 0 Å². The number of unbranched alkanes of at least 4 members (excludes halogenated alkanes) is 7. The molecule has 0 unspecified atom stereocenters. The van der Waals surface area contributed by atoms with Crippen molar-refractivity contribution in [1.82, 2.24) is 0 Å². The van der Waals surface area contributed by atoms with E-state index in [0.29, 0.717) is 25.2 Å². The molecular weight excluding hydrogens is 476 g/mol. The second-order valence-electron chi connectivity index (χ2n) is 11.0. The number of carbonyl (C=O) groups excluding carboxylic acids is 2. The molecule has 1 aromatic rings. The van der Waals surface area contributed by atoms with Crippen molar-refractivity contribution in [2.24, 2.45) is 5.92 Å². The van der Waals surface area contributed by atoms with Gasteiger partial charge in [0.25, 0.3) is 0 Å². The first-order valence-electron chi connectivity index (χ1n) is 15.2. The Morgan fingerprint density at radius 1 is 0.789 bits per heavy atom. The lowest BCUT2D eigenvalue weighted by Crippen LogP contribution is -2.13. The molecule has 0 spiro atoms. The molecule has 1 aliphatic rings. The fourth-order valence-corrected chi connectivity index (χ4v) is 5.15. The summed E-state index contributed by atoms with van der Waals surface area (Å²) < 4.78 is 16.3. The van der Waals surface area contributed by atoms with Crippen LogP contribution in [-0.2, 0) is 19.1 Å². The van der Waals surface area contributed by atoms with Gasteiger partial charge in [0, 0.05) is 12.0 Å². The first kappa shape index (κ1) is 31.9. The molecule has 0 atom stereocenters. The lowest BCUT2D eigenvalue weighted by atomic mass is 9.77. The number of esters is 2. The molecule has 1 aromatic carbocycles. The van der Waals surface area contributed by atoms with Crippen molar-refractivity contribution in [1.29, 1.82) is 0 Å². The smallest absolute Gasteiger partial charge is 0.333 e. The first-order chi connectivity index (χ1) is 18.5. The van der Waals surface area contributed by atoms with Gasteiger partial charge in [0.2, 0.25) is 0 Å². The fourth-order valence-electron chi connectivity index (χ4n) is 5.15. The molecule has 0 aromatic heterocycles. The maximum Gasteiger partial charge on any atom is 0.333 e. The number of ether oxygens (including phenoxy) is 3. The molecule has 1 fully saturated rings. The van der Waals surface area contributed by atoms with E-state index in [0.717, 1.165) is 69.1 Å². The van der Waals surface area contributed by atoms with Crippen LogP contribution in [0.15, 0.2) is 36.4 Å². The molecule has 0 aliphatic heterocycles. The Hall–Kier alpha value is -2.30. The third-order valence-corrected chi connectivity index (χ3v) is 7.59. The summed E-state index contributed by atoms with van der Waals surface area (Å²) in [7, 11) is 0. The number of benzene rings is 1. The molecule has 1 aliphatic carbocycles. The summed E-state index contributed by atoms with van der Waals surface area (Å²) in [6, 6.07) is 8.81.